The Morgan fingerprint density at radius 1 is 1.05 bits per heavy atom. The Kier molecular flexibility index (Phi) is 9.38. The number of hydrogen-bond acceptors (Lipinski definition) is 3. The fourth-order valence-corrected chi connectivity index (χ4v) is 5.11. The highest BCUT2D eigenvalue weighted by atomic mass is 19.4. The molecular weight excluding hydrogens is 527 g/mol. The van der Waals surface area contributed by atoms with E-state index in [4.69, 9.17) is 4.99 Å². The van der Waals surface area contributed by atoms with Gasteiger partial charge in [0.05, 0.1) is 11.6 Å². The van der Waals surface area contributed by atoms with Crippen LogP contribution in [0.5, 0.6) is 0 Å². The highest BCUT2D eigenvalue weighted by molar-refractivity contribution is 6.05. The third-order valence-corrected chi connectivity index (χ3v) is 7.62. The van der Waals surface area contributed by atoms with Gasteiger partial charge in [0.2, 0.25) is 0 Å². The standard InChI is InChI=1S/C32H38F3N5O/c1-6-40(7-2)17-9-16-36-31-37-22(5)26-18-23(14-15-29(26)39-31)25-19-24(13-12-20(25)3)30(41)38-28-11-8-10-27(21(28)4)32(33,34)35/h8,10-15,18-19,22H,6-7,9,16-17H2,1-5H3,(H,38,41)(H2,36,37,39). The van der Waals surface area contributed by atoms with Crippen LogP contribution in [0, 0.1) is 13.8 Å². The summed E-state index contributed by atoms with van der Waals surface area (Å²) in [5.41, 5.74) is 4.59. The smallest absolute Gasteiger partial charge is 0.350 e. The number of carbonyl (C=O) groups excluding carboxylic acids is 1. The van der Waals surface area contributed by atoms with Gasteiger partial charge in [-0.2, -0.15) is 13.2 Å². The first-order valence-electron chi connectivity index (χ1n) is 14.0. The molecule has 1 unspecified atom stereocenters. The van der Waals surface area contributed by atoms with Crippen molar-refractivity contribution < 1.29 is 18.0 Å². The van der Waals surface area contributed by atoms with Gasteiger partial charge in [-0.05, 0) is 111 Å². The van der Waals surface area contributed by atoms with Gasteiger partial charge in [0.25, 0.3) is 5.91 Å². The van der Waals surface area contributed by atoms with Crippen LogP contribution in [-0.4, -0.2) is 42.9 Å². The molecule has 4 rings (SSSR count). The van der Waals surface area contributed by atoms with E-state index in [0.717, 1.165) is 72.6 Å². The van der Waals surface area contributed by atoms with Crippen molar-refractivity contribution in [3.8, 4) is 11.1 Å². The highest BCUT2D eigenvalue weighted by Crippen LogP contribution is 2.36. The molecule has 3 N–H and O–H groups in total. The van der Waals surface area contributed by atoms with Crippen LogP contribution < -0.4 is 16.0 Å². The zero-order valence-electron chi connectivity index (χ0n) is 24.2. The zero-order valence-corrected chi connectivity index (χ0v) is 24.2. The first-order valence-corrected chi connectivity index (χ1v) is 14.0. The number of fused-ring (bicyclic) bond motifs is 1. The minimum atomic E-state index is -4.49. The number of carbonyl (C=O) groups is 1. The van der Waals surface area contributed by atoms with Crippen molar-refractivity contribution in [1.29, 1.82) is 0 Å². The lowest BCUT2D eigenvalue weighted by Crippen LogP contribution is -2.38. The Labute approximate surface area is 240 Å². The molecule has 218 valence electrons. The molecule has 1 atom stereocenters. The van der Waals surface area contributed by atoms with Gasteiger partial charge in [0.15, 0.2) is 5.96 Å². The van der Waals surface area contributed by atoms with Gasteiger partial charge < -0.3 is 20.9 Å². The monoisotopic (exact) mass is 565 g/mol. The first-order chi connectivity index (χ1) is 19.5. The zero-order chi connectivity index (χ0) is 29.7. The highest BCUT2D eigenvalue weighted by Gasteiger charge is 2.33. The van der Waals surface area contributed by atoms with Crippen molar-refractivity contribution in [1.82, 2.24) is 10.2 Å². The Bertz CT molecular complexity index is 1430. The summed E-state index contributed by atoms with van der Waals surface area (Å²) >= 11 is 0. The van der Waals surface area contributed by atoms with E-state index in [0.29, 0.717) is 5.56 Å². The van der Waals surface area contributed by atoms with Crippen LogP contribution in [0.2, 0.25) is 0 Å². The molecule has 3 aromatic rings. The number of aliphatic imine (C=N–C) groups is 1. The largest absolute Gasteiger partial charge is 0.416 e. The van der Waals surface area contributed by atoms with Gasteiger partial charge in [-0.25, -0.2) is 0 Å². The minimum absolute atomic E-state index is 0.0174. The molecule has 0 radical (unpaired) electrons. The summed E-state index contributed by atoms with van der Waals surface area (Å²) in [6.07, 6.45) is -3.50. The fourth-order valence-electron chi connectivity index (χ4n) is 5.11. The summed E-state index contributed by atoms with van der Waals surface area (Å²) in [6, 6.07) is 15.3. The third kappa shape index (κ3) is 7.08. The maximum atomic E-state index is 13.3. The predicted octanol–water partition coefficient (Wildman–Crippen LogP) is 7.41. The van der Waals surface area contributed by atoms with Crippen LogP contribution in [-0.2, 0) is 6.18 Å². The average molecular weight is 566 g/mol. The molecule has 0 aliphatic carbocycles. The molecule has 0 fully saturated rings. The summed E-state index contributed by atoms with van der Waals surface area (Å²) in [5, 5.41) is 9.49. The summed E-state index contributed by atoms with van der Waals surface area (Å²) in [5.74, 6) is 0.294. The van der Waals surface area contributed by atoms with Crippen molar-refractivity contribution in [3.63, 3.8) is 0 Å². The Morgan fingerprint density at radius 2 is 1.80 bits per heavy atom. The lowest BCUT2D eigenvalue weighted by Gasteiger charge is -2.28. The van der Waals surface area contributed by atoms with E-state index >= 15 is 0 Å². The van der Waals surface area contributed by atoms with Gasteiger partial charge in [-0.1, -0.05) is 32.0 Å². The second kappa shape index (κ2) is 12.8. The Morgan fingerprint density at radius 3 is 2.51 bits per heavy atom. The SMILES string of the molecule is CCN(CC)CCCN=C1Nc2ccc(-c3cc(C(=O)Nc4cccc(C(F)(F)F)c4C)ccc3C)cc2C(C)N1. The van der Waals surface area contributed by atoms with Crippen LogP contribution in [0.25, 0.3) is 11.1 Å². The molecular formula is C32H38F3N5O. The van der Waals surface area contributed by atoms with Crippen LogP contribution >= 0.6 is 0 Å². The molecule has 1 aliphatic heterocycles. The van der Waals surface area contributed by atoms with Crippen molar-refractivity contribution in [2.45, 2.75) is 53.3 Å². The number of halogens is 3. The molecule has 41 heavy (non-hydrogen) atoms. The Hall–Kier alpha value is -3.85. The van der Waals surface area contributed by atoms with Gasteiger partial charge in [0.1, 0.15) is 0 Å². The van der Waals surface area contributed by atoms with Gasteiger partial charge in [0, 0.05) is 23.5 Å². The molecule has 0 bridgehead atoms. The summed E-state index contributed by atoms with van der Waals surface area (Å²) < 4.78 is 40.0. The summed E-state index contributed by atoms with van der Waals surface area (Å²) in [6.45, 7) is 13.6. The number of nitrogens with zero attached hydrogens (tertiary/aromatic N) is 2. The van der Waals surface area contributed by atoms with Gasteiger partial charge >= 0.3 is 6.18 Å². The Balaban J connectivity index is 1.51. The van der Waals surface area contributed by atoms with Gasteiger partial charge in [-0.15, -0.1) is 0 Å². The number of aryl methyl sites for hydroxylation is 1. The lowest BCUT2D eigenvalue weighted by molar-refractivity contribution is -0.138. The summed E-state index contributed by atoms with van der Waals surface area (Å²) in [7, 11) is 0. The fraction of sp³-hybridized carbons (Fsp3) is 0.375. The van der Waals surface area contributed by atoms with Crippen molar-refractivity contribution in [3.05, 3.63) is 82.4 Å². The predicted molar refractivity (Wildman–Crippen MR) is 161 cm³/mol. The molecule has 0 saturated heterocycles. The molecule has 1 heterocycles. The number of alkyl halides is 3. The van der Waals surface area contributed by atoms with Crippen molar-refractivity contribution in [2.75, 3.05) is 36.8 Å². The number of rotatable bonds is 9. The topological polar surface area (TPSA) is 68.8 Å². The molecule has 1 amide bonds. The minimum Gasteiger partial charge on any atom is -0.350 e. The van der Waals surface area contributed by atoms with E-state index in [1.807, 2.05) is 25.1 Å². The number of hydrogen-bond donors (Lipinski definition) is 3. The van der Waals surface area contributed by atoms with Crippen molar-refractivity contribution in [2.24, 2.45) is 4.99 Å². The number of anilines is 2. The number of nitrogens with one attached hydrogen (secondary N) is 3. The molecule has 6 nitrogen and oxygen atoms in total. The van der Waals surface area contributed by atoms with Crippen LogP contribution in [0.4, 0.5) is 24.5 Å². The molecule has 0 saturated carbocycles. The first kappa shape index (κ1) is 30.1. The number of amides is 1. The van der Waals surface area contributed by atoms with E-state index in [2.05, 4.69) is 47.7 Å². The van der Waals surface area contributed by atoms with Crippen molar-refractivity contribution >= 4 is 23.2 Å². The number of benzene rings is 3. The summed E-state index contributed by atoms with van der Waals surface area (Å²) in [4.78, 5) is 20.2. The van der Waals surface area contributed by atoms with Crippen LogP contribution in [0.15, 0.2) is 59.6 Å². The van der Waals surface area contributed by atoms with E-state index in [1.165, 1.54) is 19.1 Å². The van der Waals surface area contributed by atoms with Crippen LogP contribution in [0.3, 0.4) is 0 Å². The third-order valence-electron chi connectivity index (χ3n) is 7.62. The molecule has 0 spiro atoms. The maximum absolute atomic E-state index is 13.3. The average Bonchev–Trinajstić information content (AvgIpc) is 2.94. The van der Waals surface area contributed by atoms with E-state index < -0.39 is 17.6 Å². The molecule has 1 aliphatic rings. The van der Waals surface area contributed by atoms with E-state index in [1.54, 1.807) is 12.1 Å². The van der Waals surface area contributed by atoms with E-state index in [9.17, 15) is 18.0 Å². The quantitative estimate of drug-likeness (QED) is 0.237. The normalized spacial score (nSPS) is 15.8. The maximum Gasteiger partial charge on any atom is 0.416 e. The second-order valence-corrected chi connectivity index (χ2v) is 10.4. The molecule has 3 aromatic carbocycles. The van der Waals surface area contributed by atoms with Gasteiger partial charge in [-0.3, -0.25) is 9.79 Å². The lowest BCUT2D eigenvalue weighted by atomic mass is 9.93. The number of guanidine groups is 1. The second-order valence-electron chi connectivity index (χ2n) is 10.4. The van der Waals surface area contributed by atoms with E-state index in [-0.39, 0.29) is 17.3 Å². The molecule has 9 heteroatoms. The molecule has 0 aromatic heterocycles. The van der Waals surface area contributed by atoms with Crippen LogP contribution in [0.1, 0.15) is 65.8 Å².